The monoisotopic (exact) mass is 276 g/mol. The fourth-order valence-electron chi connectivity index (χ4n) is 2.19. The number of hydrogen-bond acceptors (Lipinski definition) is 4. The first-order valence-corrected chi connectivity index (χ1v) is 8.35. The van der Waals surface area contributed by atoms with Gasteiger partial charge in [-0.05, 0) is 39.7 Å². The van der Waals surface area contributed by atoms with Gasteiger partial charge in [0.05, 0.1) is 18.0 Å². The second kappa shape index (κ2) is 5.45. The molecule has 0 bridgehead atoms. The van der Waals surface area contributed by atoms with E-state index >= 15 is 0 Å². The summed E-state index contributed by atoms with van der Waals surface area (Å²) in [6.07, 6.45) is 3.17. The van der Waals surface area contributed by atoms with Crippen LogP contribution in [0.3, 0.4) is 0 Å². The summed E-state index contributed by atoms with van der Waals surface area (Å²) >= 11 is 0. The van der Waals surface area contributed by atoms with Gasteiger partial charge in [0.2, 0.25) is 10.0 Å². The zero-order chi connectivity index (χ0) is 13.2. The van der Waals surface area contributed by atoms with E-state index in [0.29, 0.717) is 32.2 Å². The van der Waals surface area contributed by atoms with Gasteiger partial charge in [-0.25, -0.2) is 8.42 Å². The Bertz CT molecular complexity index is 377. The Morgan fingerprint density at radius 3 is 2.72 bits per heavy atom. The molecule has 18 heavy (non-hydrogen) atoms. The Kier molecular flexibility index (Phi) is 4.31. The van der Waals surface area contributed by atoms with Crippen molar-refractivity contribution >= 4 is 10.0 Å². The molecule has 2 fully saturated rings. The van der Waals surface area contributed by atoms with Crippen molar-refractivity contribution in [3.8, 4) is 0 Å². The topological polar surface area (TPSA) is 58.6 Å². The van der Waals surface area contributed by atoms with Crippen molar-refractivity contribution in [2.45, 2.75) is 44.8 Å². The summed E-state index contributed by atoms with van der Waals surface area (Å²) in [5.41, 5.74) is -0.364. The Hall–Kier alpha value is -0.170. The van der Waals surface area contributed by atoms with Crippen LogP contribution < -0.4 is 5.32 Å². The third-order valence-electron chi connectivity index (χ3n) is 3.37. The minimum absolute atomic E-state index is 0.239. The first-order chi connectivity index (χ1) is 8.39. The minimum Gasteiger partial charge on any atom is -0.373 e. The molecule has 5 nitrogen and oxygen atoms in total. The number of morpholine rings is 1. The molecule has 106 valence electrons. The molecule has 1 heterocycles. The Morgan fingerprint density at radius 2 is 2.11 bits per heavy atom. The molecular formula is C12H24N2O3S. The zero-order valence-corrected chi connectivity index (χ0v) is 12.1. The fourth-order valence-corrected chi connectivity index (χ4v) is 3.82. The minimum atomic E-state index is -3.12. The molecule has 0 aromatic rings. The summed E-state index contributed by atoms with van der Waals surface area (Å²) in [7, 11) is -3.12. The zero-order valence-electron chi connectivity index (χ0n) is 11.3. The van der Waals surface area contributed by atoms with Crippen LogP contribution in [-0.4, -0.2) is 56.4 Å². The molecule has 2 aliphatic rings. The molecule has 1 saturated carbocycles. The molecule has 0 amide bonds. The Morgan fingerprint density at radius 1 is 1.39 bits per heavy atom. The highest BCUT2D eigenvalue weighted by Gasteiger charge is 2.33. The molecule has 6 heteroatoms. The number of rotatable bonds is 6. The predicted octanol–water partition coefficient (Wildman–Crippen LogP) is 0.569. The normalized spacial score (nSPS) is 25.2. The van der Waals surface area contributed by atoms with Crippen LogP contribution in [0.2, 0.25) is 0 Å². The molecule has 0 aromatic heterocycles. The van der Waals surface area contributed by atoms with Crippen LogP contribution in [0.15, 0.2) is 0 Å². The lowest BCUT2D eigenvalue weighted by Gasteiger charge is -2.37. The lowest BCUT2D eigenvalue weighted by molar-refractivity contribution is -0.0640. The van der Waals surface area contributed by atoms with E-state index in [1.54, 1.807) is 4.31 Å². The smallest absolute Gasteiger partial charge is 0.214 e. The van der Waals surface area contributed by atoms with Crippen LogP contribution in [0.4, 0.5) is 0 Å². The van der Waals surface area contributed by atoms with Gasteiger partial charge in [0.15, 0.2) is 0 Å². The maximum Gasteiger partial charge on any atom is 0.214 e. The standard InChI is InChI=1S/C12H24N2O3S/c1-12(2)10-14(7-8-17-12)18(15,16)9-3-6-13-11-4-5-11/h11,13H,3-10H2,1-2H3. The van der Waals surface area contributed by atoms with Gasteiger partial charge in [-0.15, -0.1) is 0 Å². The van der Waals surface area contributed by atoms with Gasteiger partial charge in [-0.3, -0.25) is 0 Å². The van der Waals surface area contributed by atoms with Crippen molar-refractivity contribution in [3.05, 3.63) is 0 Å². The van der Waals surface area contributed by atoms with Gasteiger partial charge < -0.3 is 10.1 Å². The first kappa shape index (κ1) is 14.2. The summed E-state index contributed by atoms with van der Waals surface area (Å²) in [4.78, 5) is 0. The molecule has 1 aliphatic carbocycles. The number of sulfonamides is 1. The van der Waals surface area contributed by atoms with E-state index in [2.05, 4.69) is 5.32 Å². The van der Waals surface area contributed by atoms with E-state index < -0.39 is 10.0 Å². The van der Waals surface area contributed by atoms with Crippen LogP contribution in [0.1, 0.15) is 33.1 Å². The van der Waals surface area contributed by atoms with E-state index in [1.165, 1.54) is 12.8 Å². The van der Waals surface area contributed by atoms with Gasteiger partial charge in [0.1, 0.15) is 0 Å². The van der Waals surface area contributed by atoms with Gasteiger partial charge in [0.25, 0.3) is 0 Å². The highest BCUT2D eigenvalue weighted by Crippen LogP contribution is 2.20. The molecule has 1 saturated heterocycles. The molecule has 0 unspecified atom stereocenters. The van der Waals surface area contributed by atoms with Gasteiger partial charge in [-0.1, -0.05) is 0 Å². The third kappa shape index (κ3) is 4.19. The van der Waals surface area contributed by atoms with Crippen molar-refractivity contribution < 1.29 is 13.2 Å². The molecule has 0 spiro atoms. The molecule has 1 aliphatic heterocycles. The molecule has 0 atom stereocenters. The van der Waals surface area contributed by atoms with E-state index in [9.17, 15) is 8.42 Å². The van der Waals surface area contributed by atoms with Crippen LogP contribution in [0, 0.1) is 0 Å². The van der Waals surface area contributed by atoms with E-state index in [4.69, 9.17) is 4.74 Å². The number of ether oxygens (including phenoxy) is 1. The highest BCUT2D eigenvalue weighted by molar-refractivity contribution is 7.89. The SMILES string of the molecule is CC1(C)CN(S(=O)(=O)CCCNC2CC2)CCO1. The fraction of sp³-hybridized carbons (Fsp3) is 1.00. The molecular weight excluding hydrogens is 252 g/mol. The van der Waals surface area contributed by atoms with Crippen LogP contribution in [-0.2, 0) is 14.8 Å². The number of nitrogens with one attached hydrogen (secondary N) is 1. The maximum atomic E-state index is 12.2. The third-order valence-corrected chi connectivity index (χ3v) is 5.28. The van der Waals surface area contributed by atoms with E-state index in [-0.39, 0.29) is 11.4 Å². The van der Waals surface area contributed by atoms with Crippen LogP contribution >= 0.6 is 0 Å². The van der Waals surface area contributed by atoms with Crippen molar-refractivity contribution in [3.63, 3.8) is 0 Å². The van der Waals surface area contributed by atoms with Gasteiger partial charge >= 0.3 is 0 Å². The Balaban J connectivity index is 1.77. The van der Waals surface area contributed by atoms with Gasteiger partial charge in [-0.2, -0.15) is 4.31 Å². The average Bonchev–Trinajstić information content (AvgIpc) is 3.07. The van der Waals surface area contributed by atoms with Crippen LogP contribution in [0.25, 0.3) is 0 Å². The lowest BCUT2D eigenvalue weighted by atomic mass is 10.1. The number of hydrogen-bond donors (Lipinski definition) is 1. The predicted molar refractivity (Wildman–Crippen MR) is 71.0 cm³/mol. The summed E-state index contributed by atoms with van der Waals surface area (Å²) < 4.78 is 31.5. The maximum absolute atomic E-state index is 12.2. The summed E-state index contributed by atoms with van der Waals surface area (Å²) in [6.45, 7) is 6.12. The second-order valence-electron chi connectivity index (χ2n) is 5.84. The van der Waals surface area contributed by atoms with Crippen molar-refractivity contribution in [2.75, 3.05) is 32.0 Å². The summed E-state index contributed by atoms with van der Waals surface area (Å²) in [6, 6.07) is 0.648. The molecule has 0 radical (unpaired) electrons. The van der Waals surface area contributed by atoms with E-state index in [1.807, 2.05) is 13.8 Å². The van der Waals surface area contributed by atoms with Crippen molar-refractivity contribution in [2.24, 2.45) is 0 Å². The van der Waals surface area contributed by atoms with Gasteiger partial charge in [0, 0.05) is 19.1 Å². The molecule has 1 N–H and O–H groups in total. The summed E-state index contributed by atoms with van der Waals surface area (Å²) in [5.74, 6) is 0.239. The van der Waals surface area contributed by atoms with E-state index in [0.717, 1.165) is 6.54 Å². The van der Waals surface area contributed by atoms with Crippen LogP contribution in [0.5, 0.6) is 0 Å². The summed E-state index contributed by atoms with van der Waals surface area (Å²) in [5, 5.41) is 3.34. The number of nitrogens with zero attached hydrogens (tertiary/aromatic N) is 1. The quantitative estimate of drug-likeness (QED) is 0.721. The molecule has 0 aromatic carbocycles. The average molecular weight is 276 g/mol. The molecule has 2 rings (SSSR count). The lowest BCUT2D eigenvalue weighted by Crippen LogP contribution is -2.51. The second-order valence-corrected chi connectivity index (χ2v) is 7.93. The first-order valence-electron chi connectivity index (χ1n) is 6.74. The van der Waals surface area contributed by atoms with Crippen molar-refractivity contribution in [1.29, 1.82) is 0 Å². The highest BCUT2D eigenvalue weighted by atomic mass is 32.2. The van der Waals surface area contributed by atoms with Crippen molar-refractivity contribution in [1.82, 2.24) is 9.62 Å². The Labute approximate surface area is 110 Å². The largest absolute Gasteiger partial charge is 0.373 e.